The van der Waals surface area contributed by atoms with Crippen molar-refractivity contribution in [2.24, 2.45) is 0 Å². The summed E-state index contributed by atoms with van der Waals surface area (Å²) in [6.07, 6.45) is 1.84. The number of thioether (sulfide) groups is 1. The zero-order chi connectivity index (χ0) is 16.4. The summed E-state index contributed by atoms with van der Waals surface area (Å²) in [7, 11) is 0. The zero-order valence-electron chi connectivity index (χ0n) is 13.5. The summed E-state index contributed by atoms with van der Waals surface area (Å²) < 4.78 is 0. The van der Waals surface area contributed by atoms with Gasteiger partial charge in [0, 0.05) is 42.9 Å². The summed E-state index contributed by atoms with van der Waals surface area (Å²) in [6.45, 7) is 3.30. The average Bonchev–Trinajstić information content (AvgIpc) is 2.80. The number of fused-ring (bicyclic) bond motifs is 2. The first-order chi connectivity index (χ1) is 11.8. The van der Waals surface area contributed by atoms with E-state index < -0.39 is 0 Å². The van der Waals surface area contributed by atoms with Gasteiger partial charge in [0.2, 0.25) is 5.91 Å². The molecular weight excluding hydrogens is 316 g/mol. The van der Waals surface area contributed by atoms with Gasteiger partial charge in [-0.15, -0.1) is 11.8 Å². The van der Waals surface area contributed by atoms with Gasteiger partial charge in [-0.3, -0.25) is 4.79 Å². The summed E-state index contributed by atoms with van der Waals surface area (Å²) in [5, 5.41) is 3.30. The number of carbonyl (C=O) groups excluding carboxylic acids is 1. The molecule has 0 atom stereocenters. The molecular formula is C20H20N2OS. The van der Waals surface area contributed by atoms with E-state index in [9.17, 15) is 4.79 Å². The second-order valence-electron chi connectivity index (χ2n) is 6.08. The van der Waals surface area contributed by atoms with Crippen molar-refractivity contribution < 1.29 is 4.79 Å². The van der Waals surface area contributed by atoms with Gasteiger partial charge in [-0.1, -0.05) is 42.5 Å². The molecule has 3 nitrogen and oxygen atoms in total. The van der Waals surface area contributed by atoms with E-state index in [4.69, 9.17) is 0 Å². The number of amides is 1. The van der Waals surface area contributed by atoms with Gasteiger partial charge in [0.15, 0.2) is 0 Å². The van der Waals surface area contributed by atoms with Gasteiger partial charge in [0.05, 0.1) is 0 Å². The predicted molar refractivity (Wildman–Crippen MR) is 99.0 cm³/mol. The highest BCUT2D eigenvalue weighted by molar-refractivity contribution is 7.98. The number of carbonyl (C=O) groups is 1. The first-order valence-corrected chi connectivity index (χ1v) is 9.33. The fourth-order valence-electron chi connectivity index (χ4n) is 3.28. The quantitative estimate of drug-likeness (QED) is 0.812. The molecule has 1 N–H and O–H groups in total. The van der Waals surface area contributed by atoms with Crippen molar-refractivity contribution in [2.75, 3.05) is 26.2 Å². The topological polar surface area (TPSA) is 32.3 Å². The zero-order valence-corrected chi connectivity index (χ0v) is 14.3. The average molecular weight is 336 g/mol. The minimum atomic E-state index is 0.114. The summed E-state index contributed by atoms with van der Waals surface area (Å²) in [4.78, 5) is 16.0. The van der Waals surface area contributed by atoms with E-state index in [0.717, 1.165) is 43.1 Å². The van der Waals surface area contributed by atoms with Crippen molar-refractivity contribution in [3.63, 3.8) is 0 Å². The Hall–Kier alpha value is -2.04. The van der Waals surface area contributed by atoms with E-state index in [1.807, 2.05) is 22.7 Å². The molecule has 1 fully saturated rings. The molecule has 2 aromatic carbocycles. The molecule has 24 heavy (non-hydrogen) atoms. The molecule has 0 saturated carbocycles. The standard InChI is InChI=1S/C20H20N2OS/c23-20(22-11-9-21-10-12-22)13-18-16-6-2-1-5-15(16)14-24-19-8-4-3-7-17(18)19/h1-8,13,21H,9-12,14H2/b18-13-. The fourth-order valence-corrected chi connectivity index (χ4v) is 4.35. The maximum absolute atomic E-state index is 12.8. The Labute approximate surface area is 146 Å². The number of hydrogen-bond donors (Lipinski definition) is 1. The van der Waals surface area contributed by atoms with E-state index in [1.54, 1.807) is 0 Å². The highest BCUT2D eigenvalue weighted by atomic mass is 32.2. The van der Waals surface area contributed by atoms with E-state index >= 15 is 0 Å². The van der Waals surface area contributed by atoms with Crippen LogP contribution in [-0.2, 0) is 10.5 Å². The molecule has 1 amide bonds. The SMILES string of the molecule is O=C(/C=C1/c2ccccc2CSc2ccccc21)N1CCNCC1. The van der Waals surface area contributed by atoms with Crippen LogP contribution in [0.3, 0.4) is 0 Å². The van der Waals surface area contributed by atoms with Crippen LogP contribution >= 0.6 is 11.8 Å². The Bertz CT molecular complexity index is 744. The van der Waals surface area contributed by atoms with Crippen molar-refractivity contribution in [3.05, 3.63) is 71.3 Å². The molecule has 122 valence electrons. The molecule has 4 rings (SSSR count). The number of benzene rings is 2. The third kappa shape index (κ3) is 2.99. The molecule has 0 bridgehead atoms. The van der Waals surface area contributed by atoms with Gasteiger partial charge in [0.1, 0.15) is 0 Å². The monoisotopic (exact) mass is 336 g/mol. The summed E-state index contributed by atoms with van der Waals surface area (Å²) in [6, 6.07) is 16.8. The molecule has 2 aromatic rings. The van der Waals surface area contributed by atoms with Crippen molar-refractivity contribution in [1.29, 1.82) is 0 Å². The minimum absolute atomic E-state index is 0.114. The van der Waals surface area contributed by atoms with Crippen LogP contribution in [0.4, 0.5) is 0 Å². The Morgan fingerprint density at radius 1 is 1.00 bits per heavy atom. The van der Waals surface area contributed by atoms with E-state index in [0.29, 0.717) is 0 Å². The van der Waals surface area contributed by atoms with Crippen molar-refractivity contribution >= 4 is 23.2 Å². The molecule has 0 aromatic heterocycles. The first-order valence-electron chi connectivity index (χ1n) is 8.35. The maximum atomic E-state index is 12.8. The molecule has 1 saturated heterocycles. The van der Waals surface area contributed by atoms with Crippen LogP contribution in [0.25, 0.3) is 5.57 Å². The lowest BCUT2D eigenvalue weighted by Gasteiger charge is -2.26. The maximum Gasteiger partial charge on any atom is 0.247 e. The Balaban J connectivity index is 1.80. The Morgan fingerprint density at radius 3 is 2.54 bits per heavy atom. The summed E-state index contributed by atoms with van der Waals surface area (Å²) in [5.74, 6) is 1.05. The molecule has 0 unspecified atom stereocenters. The van der Waals surface area contributed by atoms with Crippen LogP contribution in [0.2, 0.25) is 0 Å². The molecule has 0 aliphatic carbocycles. The van der Waals surface area contributed by atoms with Crippen LogP contribution in [0.5, 0.6) is 0 Å². The molecule has 4 heteroatoms. The van der Waals surface area contributed by atoms with E-state index in [1.165, 1.54) is 16.0 Å². The van der Waals surface area contributed by atoms with Gasteiger partial charge in [0.25, 0.3) is 0 Å². The Morgan fingerprint density at radius 2 is 1.71 bits per heavy atom. The highest BCUT2D eigenvalue weighted by Gasteiger charge is 2.21. The van der Waals surface area contributed by atoms with Gasteiger partial charge in [-0.25, -0.2) is 0 Å². The third-order valence-electron chi connectivity index (χ3n) is 4.56. The predicted octanol–water partition coefficient (Wildman–Crippen LogP) is 3.16. The normalized spacial score (nSPS) is 18.7. The third-order valence-corrected chi connectivity index (χ3v) is 5.69. The fraction of sp³-hybridized carbons (Fsp3) is 0.250. The van der Waals surface area contributed by atoms with Crippen LogP contribution in [-0.4, -0.2) is 37.0 Å². The lowest BCUT2D eigenvalue weighted by molar-refractivity contribution is -0.126. The van der Waals surface area contributed by atoms with Crippen LogP contribution < -0.4 is 5.32 Å². The molecule has 0 radical (unpaired) electrons. The summed E-state index contributed by atoms with van der Waals surface area (Å²) in [5.41, 5.74) is 4.68. The van der Waals surface area contributed by atoms with Crippen molar-refractivity contribution in [3.8, 4) is 0 Å². The van der Waals surface area contributed by atoms with Crippen LogP contribution in [0, 0.1) is 0 Å². The number of nitrogens with zero attached hydrogens (tertiary/aromatic N) is 1. The van der Waals surface area contributed by atoms with Crippen LogP contribution in [0.1, 0.15) is 16.7 Å². The van der Waals surface area contributed by atoms with Gasteiger partial charge < -0.3 is 10.2 Å². The highest BCUT2D eigenvalue weighted by Crippen LogP contribution is 2.39. The van der Waals surface area contributed by atoms with E-state index in [-0.39, 0.29) is 5.91 Å². The first kappa shape index (κ1) is 15.5. The van der Waals surface area contributed by atoms with Gasteiger partial charge >= 0.3 is 0 Å². The van der Waals surface area contributed by atoms with Crippen LogP contribution in [0.15, 0.2) is 59.5 Å². The summed E-state index contributed by atoms with van der Waals surface area (Å²) >= 11 is 1.84. The second kappa shape index (κ2) is 6.83. The largest absolute Gasteiger partial charge is 0.337 e. The van der Waals surface area contributed by atoms with Gasteiger partial charge in [-0.05, 0) is 28.3 Å². The van der Waals surface area contributed by atoms with Gasteiger partial charge in [-0.2, -0.15) is 0 Å². The Kier molecular flexibility index (Phi) is 4.41. The molecule has 2 heterocycles. The number of rotatable bonds is 1. The lowest BCUT2D eigenvalue weighted by Crippen LogP contribution is -2.45. The smallest absolute Gasteiger partial charge is 0.247 e. The second-order valence-corrected chi connectivity index (χ2v) is 7.09. The van der Waals surface area contributed by atoms with E-state index in [2.05, 4.69) is 53.8 Å². The van der Waals surface area contributed by atoms with Crippen molar-refractivity contribution in [2.45, 2.75) is 10.6 Å². The molecule has 0 spiro atoms. The minimum Gasteiger partial charge on any atom is -0.337 e. The molecule has 2 aliphatic heterocycles. The number of nitrogens with one attached hydrogen (secondary N) is 1. The number of hydrogen-bond acceptors (Lipinski definition) is 3. The lowest BCUT2D eigenvalue weighted by atomic mass is 9.94. The molecule has 2 aliphatic rings. The van der Waals surface area contributed by atoms with Crippen molar-refractivity contribution in [1.82, 2.24) is 10.2 Å². The number of piperazine rings is 1.